The Hall–Kier alpha value is -3.44. The Labute approximate surface area is 182 Å². The maximum atomic E-state index is 4.66. The van der Waals surface area contributed by atoms with E-state index in [0.29, 0.717) is 5.92 Å². The van der Waals surface area contributed by atoms with Crippen molar-refractivity contribution in [2.45, 2.75) is 25.7 Å². The first-order valence-corrected chi connectivity index (χ1v) is 10.9. The molecular weight excluding hydrogens is 382 g/mol. The van der Waals surface area contributed by atoms with E-state index in [4.69, 9.17) is 0 Å². The summed E-state index contributed by atoms with van der Waals surface area (Å²) in [6.45, 7) is 8.17. The molecule has 4 aromatic rings. The van der Waals surface area contributed by atoms with E-state index in [2.05, 4.69) is 63.3 Å². The van der Waals surface area contributed by atoms with Crippen molar-refractivity contribution in [3.8, 4) is 11.4 Å². The van der Waals surface area contributed by atoms with Crippen LogP contribution in [0, 0.1) is 6.92 Å². The van der Waals surface area contributed by atoms with Crippen LogP contribution in [0.15, 0.2) is 67.4 Å². The molecule has 1 saturated heterocycles. The minimum atomic E-state index is 0.612. The molecule has 0 bridgehead atoms. The molecule has 0 amide bonds. The summed E-state index contributed by atoms with van der Waals surface area (Å²) in [6, 6.07) is 14.9. The van der Waals surface area contributed by atoms with Crippen molar-refractivity contribution >= 4 is 16.5 Å². The number of hydrogen-bond acceptors (Lipinski definition) is 3. The van der Waals surface area contributed by atoms with Crippen LogP contribution in [-0.2, 0) is 0 Å². The molecule has 5 nitrogen and oxygen atoms in total. The van der Waals surface area contributed by atoms with Gasteiger partial charge in [0.25, 0.3) is 0 Å². The SMILES string of the molecule is C=C/C=C(/c1ccccn1)c1cc(-c2n[nH]c3ccc(C4CCNCC4)cc23)[nH]c1C. The van der Waals surface area contributed by atoms with Gasteiger partial charge < -0.3 is 10.3 Å². The number of pyridine rings is 1. The third-order valence-electron chi connectivity index (χ3n) is 6.18. The predicted molar refractivity (Wildman–Crippen MR) is 127 cm³/mol. The summed E-state index contributed by atoms with van der Waals surface area (Å²) in [7, 11) is 0. The lowest BCUT2D eigenvalue weighted by molar-refractivity contribution is 0.460. The molecule has 5 rings (SSSR count). The number of aromatic amines is 2. The third kappa shape index (κ3) is 3.73. The zero-order valence-corrected chi connectivity index (χ0v) is 17.8. The molecule has 0 saturated carbocycles. The number of aromatic nitrogens is 4. The Morgan fingerprint density at radius 1 is 1.13 bits per heavy atom. The van der Waals surface area contributed by atoms with Crippen LogP contribution in [0.2, 0.25) is 0 Å². The van der Waals surface area contributed by atoms with Gasteiger partial charge in [0.15, 0.2) is 0 Å². The number of nitrogens with one attached hydrogen (secondary N) is 3. The average Bonchev–Trinajstić information content (AvgIpc) is 3.41. The minimum Gasteiger partial charge on any atom is -0.357 e. The first-order valence-electron chi connectivity index (χ1n) is 10.9. The zero-order chi connectivity index (χ0) is 21.2. The van der Waals surface area contributed by atoms with E-state index >= 15 is 0 Å². The number of aryl methyl sites for hydroxylation is 1. The highest BCUT2D eigenvalue weighted by atomic mass is 15.1. The molecule has 1 aliphatic rings. The predicted octanol–water partition coefficient (Wildman–Crippen LogP) is 5.35. The maximum Gasteiger partial charge on any atom is 0.116 e. The molecule has 0 unspecified atom stereocenters. The summed E-state index contributed by atoms with van der Waals surface area (Å²) < 4.78 is 0. The molecule has 31 heavy (non-hydrogen) atoms. The molecule has 0 radical (unpaired) electrons. The average molecular weight is 410 g/mol. The molecule has 5 heteroatoms. The summed E-state index contributed by atoms with van der Waals surface area (Å²) >= 11 is 0. The number of piperidine rings is 1. The molecule has 0 atom stereocenters. The summed E-state index contributed by atoms with van der Waals surface area (Å²) in [5, 5.41) is 12.5. The third-order valence-corrected chi connectivity index (χ3v) is 6.18. The number of allylic oxidation sites excluding steroid dienone is 2. The van der Waals surface area contributed by atoms with Gasteiger partial charge in [-0.3, -0.25) is 10.1 Å². The van der Waals surface area contributed by atoms with Gasteiger partial charge in [-0.15, -0.1) is 0 Å². The highest BCUT2D eigenvalue weighted by Gasteiger charge is 2.19. The van der Waals surface area contributed by atoms with Gasteiger partial charge in [-0.05, 0) is 74.7 Å². The van der Waals surface area contributed by atoms with Crippen molar-refractivity contribution < 1.29 is 0 Å². The maximum absolute atomic E-state index is 4.66. The first kappa shape index (κ1) is 19.5. The van der Waals surface area contributed by atoms with E-state index < -0.39 is 0 Å². The molecule has 1 aliphatic heterocycles. The summed E-state index contributed by atoms with van der Waals surface area (Å²) in [6.07, 6.45) is 8.01. The van der Waals surface area contributed by atoms with Gasteiger partial charge in [0, 0.05) is 28.4 Å². The van der Waals surface area contributed by atoms with Crippen molar-refractivity contribution in [2.24, 2.45) is 0 Å². The van der Waals surface area contributed by atoms with E-state index in [1.54, 1.807) is 0 Å². The lowest BCUT2D eigenvalue weighted by Crippen LogP contribution is -2.26. The number of nitrogens with zero attached hydrogens (tertiary/aromatic N) is 2. The van der Waals surface area contributed by atoms with E-state index in [0.717, 1.165) is 57.9 Å². The molecule has 0 aliphatic carbocycles. The van der Waals surface area contributed by atoms with Crippen molar-refractivity contribution in [1.29, 1.82) is 0 Å². The van der Waals surface area contributed by atoms with Crippen LogP contribution in [-0.4, -0.2) is 33.3 Å². The van der Waals surface area contributed by atoms with Crippen LogP contribution in [0.4, 0.5) is 0 Å². The smallest absolute Gasteiger partial charge is 0.116 e. The van der Waals surface area contributed by atoms with E-state index in [1.165, 1.54) is 18.4 Å². The highest BCUT2D eigenvalue weighted by molar-refractivity contribution is 5.94. The molecular formula is C26H27N5. The van der Waals surface area contributed by atoms with Crippen LogP contribution < -0.4 is 5.32 Å². The van der Waals surface area contributed by atoms with Gasteiger partial charge in [-0.1, -0.05) is 30.9 Å². The molecule has 1 aromatic carbocycles. The van der Waals surface area contributed by atoms with Crippen LogP contribution >= 0.6 is 0 Å². The second-order valence-electron chi connectivity index (χ2n) is 8.15. The number of rotatable bonds is 5. The standard InChI is InChI=1S/C26H27N5/c1-3-6-20(23-7-4-5-12-28-23)21-16-25(29-17(21)2)26-22-15-19(8-9-24(22)30-31-26)18-10-13-27-14-11-18/h3-9,12,15-16,18,27,29H,1,10-11,13-14H2,2H3,(H,30,31)/b20-6+. The Bertz CT molecular complexity index is 1240. The molecule has 0 spiro atoms. The molecule has 3 aromatic heterocycles. The fourth-order valence-electron chi connectivity index (χ4n) is 4.56. The minimum absolute atomic E-state index is 0.612. The Balaban J connectivity index is 1.57. The first-order chi connectivity index (χ1) is 15.2. The second kappa shape index (κ2) is 8.36. The molecule has 4 heterocycles. The van der Waals surface area contributed by atoms with Gasteiger partial charge in [0.1, 0.15) is 5.69 Å². The molecule has 3 N–H and O–H groups in total. The van der Waals surface area contributed by atoms with Crippen molar-refractivity contribution in [3.05, 3.63) is 89.9 Å². The zero-order valence-electron chi connectivity index (χ0n) is 17.8. The van der Waals surface area contributed by atoms with Crippen molar-refractivity contribution in [1.82, 2.24) is 25.5 Å². The fourth-order valence-corrected chi connectivity index (χ4v) is 4.56. The van der Waals surface area contributed by atoms with Gasteiger partial charge in [0.2, 0.25) is 0 Å². The van der Waals surface area contributed by atoms with E-state index in [-0.39, 0.29) is 0 Å². The van der Waals surface area contributed by atoms with E-state index in [1.807, 2.05) is 36.5 Å². The highest BCUT2D eigenvalue weighted by Crippen LogP contribution is 2.34. The normalized spacial score (nSPS) is 15.5. The Morgan fingerprint density at radius 3 is 2.77 bits per heavy atom. The van der Waals surface area contributed by atoms with Gasteiger partial charge in [-0.2, -0.15) is 5.10 Å². The summed E-state index contributed by atoms with van der Waals surface area (Å²) in [5.74, 6) is 0.612. The quantitative estimate of drug-likeness (QED) is 0.389. The fraction of sp³-hybridized carbons (Fsp3) is 0.231. The van der Waals surface area contributed by atoms with Crippen LogP contribution in [0.1, 0.15) is 41.3 Å². The van der Waals surface area contributed by atoms with Gasteiger partial charge in [0.05, 0.1) is 16.9 Å². The van der Waals surface area contributed by atoms with Crippen molar-refractivity contribution in [3.63, 3.8) is 0 Å². The van der Waals surface area contributed by atoms with Crippen molar-refractivity contribution in [2.75, 3.05) is 13.1 Å². The number of fused-ring (bicyclic) bond motifs is 1. The lowest BCUT2D eigenvalue weighted by atomic mass is 9.89. The number of H-pyrrole nitrogens is 2. The van der Waals surface area contributed by atoms with Crippen LogP contribution in [0.5, 0.6) is 0 Å². The monoisotopic (exact) mass is 409 g/mol. The Morgan fingerprint density at radius 2 is 2.00 bits per heavy atom. The topological polar surface area (TPSA) is 69.4 Å². The molecule has 1 fully saturated rings. The van der Waals surface area contributed by atoms with Gasteiger partial charge in [-0.25, -0.2) is 0 Å². The molecule has 156 valence electrons. The Kier molecular flexibility index (Phi) is 5.26. The summed E-state index contributed by atoms with van der Waals surface area (Å²) in [5.41, 5.74) is 8.60. The van der Waals surface area contributed by atoms with Crippen LogP contribution in [0.3, 0.4) is 0 Å². The van der Waals surface area contributed by atoms with Gasteiger partial charge >= 0.3 is 0 Å². The number of hydrogen-bond donors (Lipinski definition) is 3. The largest absolute Gasteiger partial charge is 0.357 e. The number of benzene rings is 1. The van der Waals surface area contributed by atoms with Crippen LogP contribution in [0.25, 0.3) is 27.9 Å². The second-order valence-corrected chi connectivity index (χ2v) is 8.15. The summed E-state index contributed by atoms with van der Waals surface area (Å²) in [4.78, 5) is 8.10. The lowest BCUT2D eigenvalue weighted by Gasteiger charge is -2.23. The van der Waals surface area contributed by atoms with E-state index in [9.17, 15) is 0 Å².